The summed E-state index contributed by atoms with van der Waals surface area (Å²) in [5, 5.41) is 3.05. The van der Waals surface area contributed by atoms with Gasteiger partial charge in [0.15, 0.2) is 0 Å². The Morgan fingerprint density at radius 2 is 2.12 bits per heavy atom. The van der Waals surface area contributed by atoms with Gasteiger partial charge in [-0.1, -0.05) is 0 Å². The van der Waals surface area contributed by atoms with Crippen molar-refractivity contribution in [1.29, 1.82) is 0 Å². The average molecular weight is 218 g/mol. The predicted molar refractivity (Wildman–Crippen MR) is 64.7 cm³/mol. The highest BCUT2D eigenvalue weighted by atomic mass is 15.3. The van der Waals surface area contributed by atoms with Crippen molar-refractivity contribution in [2.45, 2.75) is 31.7 Å². The molecule has 1 aromatic rings. The van der Waals surface area contributed by atoms with Gasteiger partial charge in [-0.05, 0) is 31.6 Å². The molecule has 0 saturated heterocycles. The van der Waals surface area contributed by atoms with E-state index in [4.69, 9.17) is 0 Å². The van der Waals surface area contributed by atoms with Crippen molar-refractivity contribution < 1.29 is 0 Å². The summed E-state index contributed by atoms with van der Waals surface area (Å²) in [5.74, 6) is 2.81. The number of anilines is 2. The molecule has 0 radical (unpaired) electrons. The molecule has 2 saturated carbocycles. The second-order valence-electron chi connectivity index (χ2n) is 4.84. The molecule has 4 nitrogen and oxygen atoms in total. The summed E-state index contributed by atoms with van der Waals surface area (Å²) in [5.41, 5.74) is 0. The Balaban J connectivity index is 1.79. The first kappa shape index (κ1) is 9.87. The lowest BCUT2D eigenvalue weighted by atomic mass is 10.3. The van der Waals surface area contributed by atoms with E-state index in [0.29, 0.717) is 0 Å². The van der Waals surface area contributed by atoms with Gasteiger partial charge in [0.05, 0.1) is 12.4 Å². The Hall–Kier alpha value is -1.32. The third kappa shape index (κ3) is 2.10. The molecule has 1 aromatic heterocycles. The molecule has 4 heteroatoms. The number of nitrogens with zero attached hydrogens (tertiary/aromatic N) is 3. The Kier molecular flexibility index (Phi) is 2.42. The van der Waals surface area contributed by atoms with Crippen LogP contribution in [0.1, 0.15) is 25.7 Å². The van der Waals surface area contributed by atoms with Gasteiger partial charge in [-0.3, -0.25) is 4.98 Å². The van der Waals surface area contributed by atoms with Gasteiger partial charge in [0, 0.05) is 19.6 Å². The lowest BCUT2D eigenvalue weighted by Crippen LogP contribution is -2.29. The van der Waals surface area contributed by atoms with Crippen LogP contribution < -0.4 is 10.2 Å². The monoisotopic (exact) mass is 218 g/mol. The van der Waals surface area contributed by atoms with Gasteiger partial charge in [-0.25, -0.2) is 4.98 Å². The number of aromatic nitrogens is 2. The average Bonchev–Trinajstić information content (AvgIpc) is 3.16. The fourth-order valence-electron chi connectivity index (χ4n) is 2.01. The second-order valence-corrected chi connectivity index (χ2v) is 4.84. The van der Waals surface area contributed by atoms with Gasteiger partial charge in [-0.15, -0.1) is 0 Å². The molecule has 2 aliphatic carbocycles. The van der Waals surface area contributed by atoms with E-state index in [2.05, 4.69) is 20.2 Å². The molecule has 0 amide bonds. The van der Waals surface area contributed by atoms with Gasteiger partial charge >= 0.3 is 0 Å². The zero-order chi connectivity index (χ0) is 11.0. The maximum atomic E-state index is 4.59. The van der Waals surface area contributed by atoms with Crippen molar-refractivity contribution in [2.75, 3.05) is 23.8 Å². The zero-order valence-electron chi connectivity index (χ0n) is 9.69. The Bertz CT molecular complexity index is 371. The molecule has 2 fully saturated rings. The highest BCUT2D eigenvalue weighted by Crippen LogP contribution is 2.36. The SMILES string of the molecule is CNc1cncc(N(CC2CC2)C2CC2)n1. The van der Waals surface area contributed by atoms with Gasteiger partial charge in [0.2, 0.25) is 0 Å². The van der Waals surface area contributed by atoms with Crippen LogP contribution in [0.25, 0.3) is 0 Å². The maximum absolute atomic E-state index is 4.59. The molecule has 86 valence electrons. The van der Waals surface area contributed by atoms with E-state index in [0.717, 1.165) is 23.6 Å². The normalized spacial score (nSPS) is 19.6. The van der Waals surface area contributed by atoms with Crippen molar-refractivity contribution in [3.05, 3.63) is 12.4 Å². The Morgan fingerprint density at radius 1 is 1.31 bits per heavy atom. The zero-order valence-corrected chi connectivity index (χ0v) is 9.69. The summed E-state index contributed by atoms with van der Waals surface area (Å²) in [7, 11) is 1.89. The highest BCUT2D eigenvalue weighted by Gasteiger charge is 2.34. The number of hydrogen-bond acceptors (Lipinski definition) is 4. The van der Waals surface area contributed by atoms with Gasteiger partial charge in [-0.2, -0.15) is 0 Å². The molecule has 0 spiro atoms. The Morgan fingerprint density at radius 3 is 2.75 bits per heavy atom. The van der Waals surface area contributed by atoms with Gasteiger partial charge in [0.1, 0.15) is 11.6 Å². The van der Waals surface area contributed by atoms with Crippen molar-refractivity contribution in [3.63, 3.8) is 0 Å². The molecule has 16 heavy (non-hydrogen) atoms. The number of rotatable bonds is 5. The maximum Gasteiger partial charge on any atom is 0.149 e. The molecule has 0 atom stereocenters. The fraction of sp³-hybridized carbons (Fsp3) is 0.667. The summed E-state index contributed by atoms with van der Waals surface area (Å²) in [6, 6.07) is 0.724. The lowest BCUT2D eigenvalue weighted by Gasteiger charge is -2.23. The van der Waals surface area contributed by atoms with E-state index in [9.17, 15) is 0 Å². The molecule has 1 heterocycles. The standard InChI is InChI=1S/C12H18N4/c1-13-11-6-14-7-12(15-11)16(10-4-5-10)8-9-2-3-9/h6-7,9-10H,2-5,8H2,1H3,(H,13,15). The molecule has 0 aromatic carbocycles. The summed E-state index contributed by atoms with van der Waals surface area (Å²) < 4.78 is 0. The van der Waals surface area contributed by atoms with Crippen molar-refractivity contribution in [1.82, 2.24) is 9.97 Å². The summed E-state index contributed by atoms with van der Waals surface area (Å²) in [6.07, 6.45) is 9.08. The molecule has 1 N–H and O–H groups in total. The van der Waals surface area contributed by atoms with E-state index < -0.39 is 0 Å². The minimum Gasteiger partial charge on any atom is -0.372 e. The smallest absolute Gasteiger partial charge is 0.149 e. The van der Waals surface area contributed by atoms with E-state index in [-0.39, 0.29) is 0 Å². The van der Waals surface area contributed by atoms with Crippen LogP contribution in [-0.4, -0.2) is 29.6 Å². The minimum atomic E-state index is 0.724. The van der Waals surface area contributed by atoms with Crippen LogP contribution in [0, 0.1) is 5.92 Å². The second kappa shape index (κ2) is 3.92. The van der Waals surface area contributed by atoms with Crippen molar-refractivity contribution >= 4 is 11.6 Å². The number of nitrogens with one attached hydrogen (secondary N) is 1. The summed E-state index contributed by atoms with van der Waals surface area (Å²) in [4.78, 5) is 11.3. The van der Waals surface area contributed by atoms with Crippen LogP contribution in [0.3, 0.4) is 0 Å². The Labute approximate surface area is 96.1 Å². The van der Waals surface area contributed by atoms with Crippen molar-refractivity contribution in [3.8, 4) is 0 Å². The molecule has 3 rings (SSSR count). The summed E-state index contributed by atoms with van der Waals surface area (Å²) >= 11 is 0. The van der Waals surface area contributed by atoms with Gasteiger partial charge < -0.3 is 10.2 Å². The van der Waals surface area contributed by atoms with E-state index in [1.165, 1.54) is 32.2 Å². The van der Waals surface area contributed by atoms with Crippen molar-refractivity contribution in [2.24, 2.45) is 5.92 Å². The van der Waals surface area contributed by atoms with E-state index >= 15 is 0 Å². The first-order chi connectivity index (χ1) is 7.86. The topological polar surface area (TPSA) is 41.1 Å². The third-order valence-corrected chi connectivity index (χ3v) is 3.31. The van der Waals surface area contributed by atoms with E-state index in [1.807, 2.05) is 13.2 Å². The van der Waals surface area contributed by atoms with Crippen LogP contribution in [-0.2, 0) is 0 Å². The molecule has 0 aliphatic heterocycles. The van der Waals surface area contributed by atoms with Gasteiger partial charge in [0.25, 0.3) is 0 Å². The first-order valence-electron chi connectivity index (χ1n) is 6.13. The fourth-order valence-corrected chi connectivity index (χ4v) is 2.01. The molecular weight excluding hydrogens is 200 g/mol. The van der Waals surface area contributed by atoms with Crippen LogP contribution in [0.2, 0.25) is 0 Å². The van der Waals surface area contributed by atoms with Crippen LogP contribution in [0.4, 0.5) is 11.6 Å². The molecule has 0 unspecified atom stereocenters. The minimum absolute atomic E-state index is 0.724. The number of hydrogen-bond donors (Lipinski definition) is 1. The quantitative estimate of drug-likeness (QED) is 0.819. The molecule has 2 aliphatic rings. The molecular formula is C12H18N4. The predicted octanol–water partition coefficient (Wildman–Crippen LogP) is 1.90. The first-order valence-corrected chi connectivity index (χ1v) is 6.13. The third-order valence-electron chi connectivity index (χ3n) is 3.31. The molecule has 0 bridgehead atoms. The van der Waals surface area contributed by atoms with Crippen LogP contribution >= 0.6 is 0 Å². The highest BCUT2D eigenvalue weighted by molar-refractivity contribution is 5.45. The van der Waals surface area contributed by atoms with Crippen LogP contribution in [0.5, 0.6) is 0 Å². The summed E-state index contributed by atoms with van der Waals surface area (Å²) in [6.45, 7) is 1.17. The van der Waals surface area contributed by atoms with E-state index in [1.54, 1.807) is 6.20 Å². The van der Waals surface area contributed by atoms with Crippen LogP contribution in [0.15, 0.2) is 12.4 Å². The largest absolute Gasteiger partial charge is 0.372 e. The lowest BCUT2D eigenvalue weighted by molar-refractivity contribution is 0.707.